The maximum absolute atomic E-state index is 5.71. The molecule has 2 N–H and O–H groups in total. The van der Waals surface area contributed by atoms with E-state index in [0.29, 0.717) is 26.4 Å². The maximum atomic E-state index is 5.71. The normalized spacial score (nSPS) is 11.6. The highest BCUT2D eigenvalue weighted by atomic mass is 16.5. The van der Waals surface area contributed by atoms with Crippen molar-refractivity contribution in [2.75, 3.05) is 40.5 Å². The number of hydrogen-bond acceptors (Lipinski definition) is 4. The predicted molar refractivity (Wildman–Crippen MR) is 97.7 cm³/mol. The van der Waals surface area contributed by atoms with Crippen LogP contribution in [0.4, 0.5) is 0 Å². The lowest BCUT2D eigenvalue weighted by molar-refractivity contribution is 0.0698. The van der Waals surface area contributed by atoms with Crippen molar-refractivity contribution in [2.24, 2.45) is 4.99 Å². The van der Waals surface area contributed by atoms with Crippen LogP contribution in [0, 0.1) is 0 Å². The monoisotopic (exact) mass is 337 g/mol. The number of ether oxygens (including phenoxy) is 3. The fourth-order valence-corrected chi connectivity index (χ4v) is 2.03. The highest BCUT2D eigenvalue weighted by Gasteiger charge is 2.01. The van der Waals surface area contributed by atoms with Crippen molar-refractivity contribution < 1.29 is 14.2 Å². The van der Waals surface area contributed by atoms with E-state index in [2.05, 4.69) is 21.7 Å². The average Bonchev–Trinajstić information content (AvgIpc) is 2.56. The first-order valence-electron chi connectivity index (χ1n) is 8.42. The lowest BCUT2D eigenvalue weighted by atomic mass is 10.2. The van der Waals surface area contributed by atoms with Crippen molar-refractivity contribution in [3.8, 4) is 5.75 Å². The molecule has 6 nitrogen and oxygen atoms in total. The number of nitrogens with zero attached hydrogens (tertiary/aromatic N) is 1. The highest BCUT2D eigenvalue weighted by Crippen LogP contribution is 2.14. The maximum Gasteiger partial charge on any atom is 0.191 e. The molecule has 0 aliphatic heterocycles. The second-order valence-corrected chi connectivity index (χ2v) is 5.63. The Balaban J connectivity index is 2.26. The molecule has 0 bridgehead atoms. The molecular formula is C18H31N3O3. The minimum atomic E-state index is 0.175. The van der Waals surface area contributed by atoms with Crippen molar-refractivity contribution in [3.05, 3.63) is 29.8 Å². The van der Waals surface area contributed by atoms with Crippen LogP contribution in [0.5, 0.6) is 5.75 Å². The van der Waals surface area contributed by atoms with Gasteiger partial charge in [-0.15, -0.1) is 0 Å². The molecule has 0 unspecified atom stereocenters. The summed E-state index contributed by atoms with van der Waals surface area (Å²) in [5.74, 6) is 1.67. The number of hydrogen-bond donors (Lipinski definition) is 2. The van der Waals surface area contributed by atoms with E-state index >= 15 is 0 Å². The van der Waals surface area contributed by atoms with Crippen LogP contribution in [-0.4, -0.2) is 52.6 Å². The number of aliphatic imine (C=N–C) groups is 1. The summed E-state index contributed by atoms with van der Waals surface area (Å²) in [5.41, 5.74) is 1.15. The summed E-state index contributed by atoms with van der Waals surface area (Å²) >= 11 is 0. The van der Waals surface area contributed by atoms with Crippen LogP contribution < -0.4 is 15.4 Å². The van der Waals surface area contributed by atoms with Crippen molar-refractivity contribution >= 4 is 5.96 Å². The quantitative estimate of drug-likeness (QED) is 0.368. The standard InChI is InChI=1S/C18H31N3O3/c1-15(2)24-17-8-5-7-16(13-17)14-21-18(19-3)20-9-6-10-23-12-11-22-4/h5,7-8,13,15H,6,9-12,14H2,1-4H3,(H2,19,20,21). The van der Waals surface area contributed by atoms with Gasteiger partial charge in [0, 0.05) is 33.9 Å². The van der Waals surface area contributed by atoms with Gasteiger partial charge in [-0.3, -0.25) is 4.99 Å². The van der Waals surface area contributed by atoms with Crippen LogP contribution in [-0.2, 0) is 16.0 Å². The summed E-state index contributed by atoms with van der Waals surface area (Å²) in [6.07, 6.45) is 1.09. The summed E-state index contributed by atoms with van der Waals surface area (Å²) in [6, 6.07) is 8.09. The third-order valence-corrected chi connectivity index (χ3v) is 3.14. The molecule has 24 heavy (non-hydrogen) atoms. The number of nitrogens with one attached hydrogen (secondary N) is 2. The van der Waals surface area contributed by atoms with Crippen LogP contribution >= 0.6 is 0 Å². The second-order valence-electron chi connectivity index (χ2n) is 5.63. The van der Waals surface area contributed by atoms with E-state index in [1.54, 1.807) is 14.2 Å². The molecule has 1 aromatic rings. The zero-order valence-corrected chi connectivity index (χ0v) is 15.3. The molecule has 0 fully saturated rings. The molecular weight excluding hydrogens is 306 g/mol. The molecule has 1 aromatic carbocycles. The summed E-state index contributed by atoms with van der Waals surface area (Å²) in [4.78, 5) is 4.22. The van der Waals surface area contributed by atoms with Gasteiger partial charge in [0.05, 0.1) is 19.3 Å². The topological polar surface area (TPSA) is 64.1 Å². The van der Waals surface area contributed by atoms with Crippen LogP contribution in [0.2, 0.25) is 0 Å². The first-order valence-corrected chi connectivity index (χ1v) is 8.42. The summed E-state index contributed by atoms with van der Waals surface area (Å²) in [6.45, 7) is 7.53. The Bertz CT molecular complexity index is 478. The van der Waals surface area contributed by atoms with Crippen LogP contribution in [0.3, 0.4) is 0 Å². The molecule has 0 amide bonds. The van der Waals surface area contributed by atoms with Gasteiger partial charge in [0.1, 0.15) is 5.75 Å². The SMILES string of the molecule is CN=C(NCCCOCCOC)NCc1cccc(OC(C)C)c1. The van der Waals surface area contributed by atoms with E-state index < -0.39 is 0 Å². The summed E-state index contributed by atoms with van der Waals surface area (Å²) < 4.78 is 16.1. The average molecular weight is 337 g/mol. The Morgan fingerprint density at radius 2 is 2.00 bits per heavy atom. The molecule has 0 heterocycles. The third kappa shape index (κ3) is 9.37. The van der Waals surface area contributed by atoms with Crippen molar-refractivity contribution in [1.82, 2.24) is 10.6 Å². The van der Waals surface area contributed by atoms with Gasteiger partial charge in [0.15, 0.2) is 5.96 Å². The summed E-state index contributed by atoms with van der Waals surface area (Å²) in [5, 5.41) is 6.57. The van der Waals surface area contributed by atoms with Crippen molar-refractivity contribution in [2.45, 2.75) is 32.9 Å². The Kier molecular flexibility index (Phi) is 10.6. The Morgan fingerprint density at radius 3 is 2.71 bits per heavy atom. The van der Waals surface area contributed by atoms with Crippen LogP contribution in [0.15, 0.2) is 29.3 Å². The predicted octanol–water partition coefficient (Wildman–Crippen LogP) is 2.19. The van der Waals surface area contributed by atoms with Gasteiger partial charge in [-0.05, 0) is 38.0 Å². The van der Waals surface area contributed by atoms with E-state index in [-0.39, 0.29) is 6.10 Å². The fourth-order valence-electron chi connectivity index (χ4n) is 2.03. The molecule has 0 saturated carbocycles. The molecule has 0 saturated heterocycles. The molecule has 0 aromatic heterocycles. The van der Waals surface area contributed by atoms with Crippen LogP contribution in [0.25, 0.3) is 0 Å². The number of guanidine groups is 1. The second kappa shape index (κ2) is 12.6. The molecule has 0 atom stereocenters. The van der Waals surface area contributed by atoms with Gasteiger partial charge < -0.3 is 24.8 Å². The molecule has 1 rings (SSSR count). The molecule has 6 heteroatoms. The van der Waals surface area contributed by atoms with Crippen molar-refractivity contribution in [3.63, 3.8) is 0 Å². The van der Waals surface area contributed by atoms with Gasteiger partial charge >= 0.3 is 0 Å². The Hall–Kier alpha value is -1.79. The van der Waals surface area contributed by atoms with E-state index in [9.17, 15) is 0 Å². The van der Waals surface area contributed by atoms with Gasteiger partial charge in [-0.2, -0.15) is 0 Å². The number of rotatable bonds is 11. The fraction of sp³-hybridized carbons (Fsp3) is 0.611. The lowest BCUT2D eigenvalue weighted by Crippen LogP contribution is -2.37. The molecule has 0 aliphatic carbocycles. The van der Waals surface area contributed by atoms with Gasteiger partial charge in [0.2, 0.25) is 0 Å². The van der Waals surface area contributed by atoms with Crippen molar-refractivity contribution in [1.29, 1.82) is 0 Å². The largest absolute Gasteiger partial charge is 0.491 e. The van der Waals surface area contributed by atoms with Gasteiger partial charge in [-0.25, -0.2) is 0 Å². The smallest absolute Gasteiger partial charge is 0.191 e. The first kappa shape index (κ1) is 20.3. The summed E-state index contributed by atoms with van der Waals surface area (Å²) in [7, 11) is 3.44. The zero-order chi connectivity index (χ0) is 17.6. The van der Waals surface area contributed by atoms with Gasteiger partial charge in [0.25, 0.3) is 0 Å². The van der Waals surface area contributed by atoms with E-state index in [1.807, 2.05) is 32.0 Å². The molecule has 136 valence electrons. The van der Waals surface area contributed by atoms with E-state index in [0.717, 1.165) is 30.2 Å². The number of methoxy groups -OCH3 is 1. The third-order valence-electron chi connectivity index (χ3n) is 3.14. The van der Waals surface area contributed by atoms with Crippen LogP contribution in [0.1, 0.15) is 25.8 Å². The zero-order valence-electron chi connectivity index (χ0n) is 15.3. The minimum absolute atomic E-state index is 0.175. The minimum Gasteiger partial charge on any atom is -0.491 e. The molecule has 0 spiro atoms. The Morgan fingerprint density at radius 1 is 1.17 bits per heavy atom. The van der Waals surface area contributed by atoms with E-state index in [1.165, 1.54) is 0 Å². The highest BCUT2D eigenvalue weighted by molar-refractivity contribution is 5.79. The lowest BCUT2D eigenvalue weighted by Gasteiger charge is -2.14. The first-order chi connectivity index (χ1) is 11.7. The van der Waals surface area contributed by atoms with E-state index in [4.69, 9.17) is 14.2 Å². The molecule has 0 radical (unpaired) electrons. The van der Waals surface area contributed by atoms with Gasteiger partial charge in [-0.1, -0.05) is 12.1 Å². The Labute approximate surface area is 145 Å². The number of benzene rings is 1. The molecule has 0 aliphatic rings.